The summed E-state index contributed by atoms with van der Waals surface area (Å²) in [6.07, 6.45) is 1.91. The molecule has 0 saturated carbocycles. The molecule has 0 aromatic heterocycles. The standard InChI is InChI=1S/C20H24N2O2/c1-16(24-15-17-9-3-2-4-10-17)20(23)21-18-11-5-6-12-19(18)22-13-7-8-14-22/h2-6,9-12,16H,7-8,13-15H2,1H3,(H,21,23). The van der Waals surface area contributed by atoms with Crippen molar-refractivity contribution < 1.29 is 9.53 Å². The van der Waals surface area contributed by atoms with Gasteiger partial charge in [-0.15, -0.1) is 0 Å². The summed E-state index contributed by atoms with van der Waals surface area (Å²) in [7, 11) is 0. The maximum absolute atomic E-state index is 12.4. The van der Waals surface area contributed by atoms with E-state index in [9.17, 15) is 4.79 Å². The summed E-state index contributed by atoms with van der Waals surface area (Å²) < 4.78 is 5.70. The minimum Gasteiger partial charge on any atom is -0.370 e. The molecule has 1 heterocycles. The fourth-order valence-corrected chi connectivity index (χ4v) is 2.92. The van der Waals surface area contributed by atoms with Crippen molar-refractivity contribution in [3.8, 4) is 0 Å². The van der Waals surface area contributed by atoms with E-state index >= 15 is 0 Å². The summed E-state index contributed by atoms with van der Waals surface area (Å²) in [5.41, 5.74) is 3.02. The van der Waals surface area contributed by atoms with Crippen LogP contribution in [0.15, 0.2) is 54.6 Å². The molecule has 2 aromatic rings. The normalized spacial score (nSPS) is 15.3. The van der Waals surface area contributed by atoms with Gasteiger partial charge in [-0.05, 0) is 37.5 Å². The molecule has 126 valence electrons. The molecule has 1 fully saturated rings. The number of nitrogens with one attached hydrogen (secondary N) is 1. The van der Waals surface area contributed by atoms with Crippen LogP contribution in [0.1, 0.15) is 25.3 Å². The smallest absolute Gasteiger partial charge is 0.253 e. The molecule has 1 aliphatic rings. The molecule has 1 N–H and O–H groups in total. The zero-order valence-electron chi connectivity index (χ0n) is 14.1. The maximum atomic E-state index is 12.4. The lowest BCUT2D eigenvalue weighted by molar-refractivity contribution is -0.127. The van der Waals surface area contributed by atoms with Crippen molar-refractivity contribution >= 4 is 17.3 Å². The molecule has 4 heteroatoms. The molecule has 24 heavy (non-hydrogen) atoms. The third-order valence-corrected chi connectivity index (χ3v) is 4.32. The van der Waals surface area contributed by atoms with E-state index in [1.54, 1.807) is 6.92 Å². The number of benzene rings is 2. The first-order valence-corrected chi connectivity index (χ1v) is 8.54. The van der Waals surface area contributed by atoms with Gasteiger partial charge in [-0.3, -0.25) is 4.79 Å². The van der Waals surface area contributed by atoms with Crippen LogP contribution in [0.4, 0.5) is 11.4 Å². The van der Waals surface area contributed by atoms with E-state index in [0.29, 0.717) is 6.61 Å². The van der Waals surface area contributed by atoms with Gasteiger partial charge >= 0.3 is 0 Å². The molecule has 3 rings (SSSR count). The van der Waals surface area contributed by atoms with Gasteiger partial charge in [0.15, 0.2) is 0 Å². The topological polar surface area (TPSA) is 41.6 Å². The Morgan fingerprint density at radius 1 is 1.08 bits per heavy atom. The van der Waals surface area contributed by atoms with E-state index in [4.69, 9.17) is 4.74 Å². The number of anilines is 2. The number of carbonyl (C=O) groups is 1. The third-order valence-electron chi connectivity index (χ3n) is 4.32. The summed E-state index contributed by atoms with van der Waals surface area (Å²) in [4.78, 5) is 14.8. The van der Waals surface area contributed by atoms with Crippen molar-refractivity contribution in [1.82, 2.24) is 0 Å². The SMILES string of the molecule is CC(OCc1ccccc1)C(=O)Nc1ccccc1N1CCCC1. The van der Waals surface area contributed by atoms with Gasteiger partial charge in [-0.2, -0.15) is 0 Å². The molecule has 4 nitrogen and oxygen atoms in total. The van der Waals surface area contributed by atoms with Crippen LogP contribution < -0.4 is 10.2 Å². The van der Waals surface area contributed by atoms with E-state index in [-0.39, 0.29) is 5.91 Å². The second-order valence-electron chi connectivity index (χ2n) is 6.14. The molecule has 2 aromatic carbocycles. The minimum atomic E-state index is -0.503. The average molecular weight is 324 g/mol. The van der Waals surface area contributed by atoms with Crippen LogP contribution in [-0.4, -0.2) is 25.1 Å². The van der Waals surface area contributed by atoms with Gasteiger partial charge in [0.05, 0.1) is 18.0 Å². The molecular weight excluding hydrogens is 300 g/mol. The Morgan fingerprint density at radius 3 is 2.50 bits per heavy atom. The van der Waals surface area contributed by atoms with Crippen molar-refractivity contribution in [3.63, 3.8) is 0 Å². The Kier molecular flexibility index (Phi) is 5.49. The predicted molar refractivity (Wildman–Crippen MR) is 97.2 cm³/mol. The van der Waals surface area contributed by atoms with Crippen LogP contribution in [0.5, 0.6) is 0 Å². The number of carbonyl (C=O) groups excluding carboxylic acids is 1. The summed E-state index contributed by atoms with van der Waals surface area (Å²) >= 11 is 0. The molecular formula is C20H24N2O2. The fourth-order valence-electron chi connectivity index (χ4n) is 2.92. The monoisotopic (exact) mass is 324 g/mol. The van der Waals surface area contributed by atoms with E-state index in [1.807, 2.05) is 48.5 Å². The lowest BCUT2D eigenvalue weighted by Gasteiger charge is -2.22. The Morgan fingerprint density at radius 2 is 1.75 bits per heavy atom. The highest BCUT2D eigenvalue weighted by Gasteiger charge is 2.19. The molecule has 0 bridgehead atoms. The van der Waals surface area contributed by atoms with Crippen molar-refractivity contribution in [2.24, 2.45) is 0 Å². The second kappa shape index (κ2) is 7.97. The molecule has 1 saturated heterocycles. The van der Waals surface area contributed by atoms with Crippen LogP contribution >= 0.6 is 0 Å². The number of nitrogens with zero attached hydrogens (tertiary/aromatic N) is 1. The average Bonchev–Trinajstić information content (AvgIpc) is 3.15. The maximum Gasteiger partial charge on any atom is 0.253 e. The van der Waals surface area contributed by atoms with E-state index < -0.39 is 6.10 Å². The predicted octanol–water partition coefficient (Wildman–Crippen LogP) is 3.83. The number of para-hydroxylation sites is 2. The minimum absolute atomic E-state index is 0.113. The Labute approximate surface area is 143 Å². The van der Waals surface area contributed by atoms with Crippen molar-refractivity contribution in [2.75, 3.05) is 23.3 Å². The first-order chi connectivity index (χ1) is 11.7. The Balaban J connectivity index is 1.60. The summed E-state index contributed by atoms with van der Waals surface area (Å²) in [6, 6.07) is 17.9. The number of amides is 1. The van der Waals surface area contributed by atoms with Gasteiger partial charge in [0.2, 0.25) is 0 Å². The Bertz CT molecular complexity index is 666. The highest BCUT2D eigenvalue weighted by atomic mass is 16.5. The largest absolute Gasteiger partial charge is 0.370 e. The van der Waals surface area contributed by atoms with Crippen LogP contribution in [-0.2, 0) is 16.1 Å². The lowest BCUT2D eigenvalue weighted by Crippen LogP contribution is -2.29. The summed E-state index contributed by atoms with van der Waals surface area (Å²) in [5.74, 6) is -0.113. The number of hydrogen-bond donors (Lipinski definition) is 1. The Hall–Kier alpha value is -2.33. The van der Waals surface area contributed by atoms with E-state index in [1.165, 1.54) is 12.8 Å². The number of hydrogen-bond acceptors (Lipinski definition) is 3. The van der Waals surface area contributed by atoms with Crippen molar-refractivity contribution in [2.45, 2.75) is 32.5 Å². The molecule has 1 atom stereocenters. The zero-order valence-corrected chi connectivity index (χ0v) is 14.1. The molecule has 1 unspecified atom stereocenters. The van der Waals surface area contributed by atoms with Crippen molar-refractivity contribution in [1.29, 1.82) is 0 Å². The molecule has 1 aliphatic heterocycles. The van der Waals surface area contributed by atoms with Gasteiger partial charge < -0.3 is 15.0 Å². The molecule has 0 radical (unpaired) electrons. The molecule has 0 aliphatic carbocycles. The number of rotatable bonds is 6. The van der Waals surface area contributed by atoms with Crippen LogP contribution in [0.2, 0.25) is 0 Å². The van der Waals surface area contributed by atoms with Gasteiger partial charge in [0.1, 0.15) is 6.10 Å². The molecule has 1 amide bonds. The first-order valence-electron chi connectivity index (χ1n) is 8.54. The van der Waals surface area contributed by atoms with Gasteiger partial charge in [-0.1, -0.05) is 42.5 Å². The van der Waals surface area contributed by atoms with Gasteiger partial charge in [0, 0.05) is 13.1 Å². The summed E-state index contributed by atoms with van der Waals surface area (Å²) in [6.45, 7) is 4.32. The van der Waals surface area contributed by atoms with Crippen LogP contribution in [0, 0.1) is 0 Å². The number of ether oxygens (including phenoxy) is 1. The van der Waals surface area contributed by atoms with Crippen LogP contribution in [0.3, 0.4) is 0 Å². The fraction of sp³-hybridized carbons (Fsp3) is 0.350. The van der Waals surface area contributed by atoms with Gasteiger partial charge in [0.25, 0.3) is 5.91 Å². The second-order valence-corrected chi connectivity index (χ2v) is 6.14. The highest BCUT2D eigenvalue weighted by molar-refractivity contribution is 5.97. The quantitative estimate of drug-likeness (QED) is 0.878. The first kappa shape index (κ1) is 16.5. The van der Waals surface area contributed by atoms with Gasteiger partial charge in [-0.25, -0.2) is 0 Å². The highest BCUT2D eigenvalue weighted by Crippen LogP contribution is 2.28. The zero-order chi connectivity index (χ0) is 16.8. The summed E-state index contributed by atoms with van der Waals surface area (Å²) in [5, 5.41) is 3.02. The van der Waals surface area contributed by atoms with Crippen LogP contribution in [0.25, 0.3) is 0 Å². The third kappa shape index (κ3) is 4.15. The lowest BCUT2D eigenvalue weighted by atomic mass is 10.2. The van der Waals surface area contributed by atoms with E-state index in [2.05, 4.69) is 16.3 Å². The van der Waals surface area contributed by atoms with Crippen molar-refractivity contribution in [3.05, 3.63) is 60.2 Å². The molecule has 0 spiro atoms. The van der Waals surface area contributed by atoms with E-state index in [0.717, 1.165) is 30.0 Å².